The summed E-state index contributed by atoms with van der Waals surface area (Å²) in [5, 5.41) is 0. The lowest BCUT2D eigenvalue weighted by atomic mass is 10.0. The largest absolute Gasteiger partial charge is 0.341 e. The molecule has 0 spiro atoms. The van der Waals surface area contributed by atoms with Crippen molar-refractivity contribution in [3.8, 4) is 22.0 Å². The van der Waals surface area contributed by atoms with E-state index in [1.165, 1.54) is 19.8 Å². The highest BCUT2D eigenvalue weighted by molar-refractivity contribution is 9.11. The van der Waals surface area contributed by atoms with Crippen molar-refractivity contribution in [1.29, 1.82) is 0 Å². The molecule has 1 aliphatic rings. The number of allylic oxidation sites excluding steroid dienone is 4. The third-order valence-corrected chi connectivity index (χ3v) is 5.87. The number of hydrogen-bond acceptors (Lipinski definition) is 2. The predicted octanol–water partition coefficient (Wildman–Crippen LogP) is 6.57. The van der Waals surface area contributed by atoms with Gasteiger partial charge in [-0.3, -0.25) is 0 Å². The summed E-state index contributed by atoms with van der Waals surface area (Å²) in [7, 11) is 0. The van der Waals surface area contributed by atoms with Gasteiger partial charge in [0.2, 0.25) is 0 Å². The number of nitrogens with zero attached hydrogens (tertiary/aromatic N) is 1. The molecule has 24 heavy (non-hydrogen) atoms. The number of benzene rings is 1. The quantitative estimate of drug-likeness (QED) is 0.532. The second kappa shape index (κ2) is 6.54. The molecular weight excluding hydrogens is 380 g/mol. The van der Waals surface area contributed by atoms with Gasteiger partial charge in [-0.05, 0) is 43.5 Å². The molecule has 3 aromatic rings. The molecule has 0 amide bonds. The molecule has 0 aliphatic heterocycles. The summed E-state index contributed by atoms with van der Waals surface area (Å²) in [4.78, 5) is 10.8. The lowest BCUT2D eigenvalue weighted by molar-refractivity contribution is 1.06. The van der Waals surface area contributed by atoms with Crippen LogP contribution in [0.1, 0.15) is 23.4 Å². The normalized spacial score (nSPS) is 14.4. The van der Waals surface area contributed by atoms with Gasteiger partial charge in [-0.15, -0.1) is 11.3 Å². The molecule has 4 heteroatoms. The number of thiophene rings is 1. The number of nitrogens with one attached hydrogen (secondary N) is 1. The molecule has 0 unspecified atom stereocenters. The number of H-pyrrole nitrogens is 1. The van der Waals surface area contributed by atoms with E-state index in [-0.39, 0.29) is 0 Å². The van der Waals surface area contributed by atoms with E-state index < -0.39 is 0 Å². The molecule has 1 aromatic carbocycles. The third kappa shape index (κ3) is 3.04. The molecule has 4 rings (SSSR count). The number of imidazole rings is 1. The summed E-state index contributed by atoms with van der Waals surface area (Å²) in [5.41, 5.74) is 4.68. The Morgan fingerprint density at radius 1 is 1.08 bits per heavy atom. The number of halogens is 1. The van der Waals surface area contributed by atoms with Gasteiger partial charge in [-0.25, -0.2) is 4.98 Å². The van der Waals surface area contributed by atoms with Crippen LogP contribution in [0.3, 0.4) is 0 Å². The van der Waals surface area contributed by atoms with E-state index in [0.717, 1.165) is 35.6 Å². The van der Waals surface area contributed by atoms with Gasteiger partial charge in [0.25, 0.3) is 0 Å². The predicted molar refractivity (Wildman–Crippen MR) is 106 cm³/mol. The first-order valence-corrected chi connectivity index (χ1v) is 9.60. The van der Waals surface area contributed by atoms with Crippen LogP contribution in [0.2, 0.25) is 0 Å². The topological polar surface area (TPSA) is 28.7 Å². The van der Waals surface area contributed by atoms with Gasteiger partial charge >= 0.3 is 0 Å². The average Bonchev–Trinajstić information content (AvgIpc) is 3.22. The van der Waals surface area contributed by atoms with Crippen LogP contribution in [0.4, 0.5) is 0 Å². The zero-order valence-electron chi connectivity index (χ0n) is 13.3. The van der Waals surface area contributed by atoms with E-state index in [4.69, 9.17) is 4.98 Å². The van der Waals surface area contributed by atoms with Gasteiger partial charge in [0.1, 0.15) is 5.82 Å². The van der Waals surface area contributed by atoms with Crippen molar-refractivity contribution in [1.82, 2.24) is 9.97 Å². The highest BCUT2D eigenvalue weighted by atomic mass is 79.9. The molecule has 0 saturated heterocycles. The Morgan fingerprint density at radius 3 is 2.67 bits per heavy atom. The second-order valence-electron chi connectivity index (χ2n) is 5.89. The van der Waals surface area contributed by atoms with Crippen molar-refractivity contribution in [2.24, 2.45) is 0 Å². The van der Waals surface area contributed by atoms with E-state index in [0.29, 0.717) is 0 Å². The fraction of sp³-hybridized carbons (Fsp3) is 0.150. The molecule has 0 radical (unpaired) electrons. The number of aryl methyl sites for hydroxylation is 1. The molecule has 0 bridgehead atoms. The summed E-state index contributed by atoms with van der Waals surface area (Å²) in [6, 6.07) is 14.7. The van der Waals surface area contributed by atoms with Crippen molar-refractivity contribution in [2.75, 3.05) is 0 Å². The van der Waals surface area contributed by atoms with Crippen LogP contribution >= 0.6 is 27.3 Å². The minimum Gasteiger partial charge on any atom is -0.341 e. The van der Waals surface area contributed by atoms with E-state index >= 15 is 0 Å². The van der Waals surface area contributed by atoms with Crippen LogP contribution in [-0.4, -0.2) is 9.97 Å². The van der Waals surface area contributed by atoms with Crippen LogP contribution in [0.5, 0.6) is 0 Å². The number of aromatic nitrogens is 2. The first-order chi connectivity index (χ1) is 11.7. The first-order valence-electron chi connectivity index (χ1n) is 7.99. The Bertz CT molecular complexity index is 932. The molecule has 0 fully saturated rings. The molecule has 1 N–H and O–H groups in total. The highest BCUT2D eigenvalue weighted by Gasteiger charge is 2.14. The summed E-state index contributed by atoms with van der Waals surface area (Å²) >= 11 is 5.39. The van der Waals surface area contributed by atoms with Crippen molar-refractivity contribution < 1.29 is 0 Å². The van der Waals surface area contributed by atoms with Crippen molar-refractivity contribution in [3.05, 3.63) is 69.7 Å². The zero-order chi connectivity index (χ0) is 16.5. The van der Waals surface area contributed by atoms with Crippen LogP contribution in [0.15, 0.2) is 59.1 Å². The fourth-order valence-electron chi connectivity index (χ4n) is 2.95. The molecule has 2 aromatic heterocycles. The second-order valence-corrected chi connectivity index (χ2v) is 7.89. The van der Waals surface area contributed by atoms with Gasteiger partial charge < -0.3 is 4.98 Å². The lowest BCUT2D eigenvalue weighted by Crippen LogP contribution is -1.86. The molecule has 0 saturated carbocycles. The van der Waals surface area contributed by atoms with E-state index in [9.17, 15) is 0 Å². The van der Waals surface area contributed by atoms with Crippen LogP contribution in [0.25, 0.3) is 27.5 Å². The smallest absolute Gasteiger partial charge is 0.148 e. The maximum absolute atomic E-state index is 4.84. The Hall–Kier alpha value is -1.91. The standard InChI is InChI=1S/C20H17BrN2S/c1-13-19(14-6-3-2-4-7-14)23-20(22-13)18-11-10-17(24-18)15-8-5-9-16(21)12-15/h2-4,6-7,9-12H,5,8H2,1H3,(H,22,23). The maximum Gasteiger partial charge on any atom is 0.148 e. The summed E-state index contributed by atoms with van der Waals surface area (Å²) in [5.74, 6) is 0.952. The molecule has 2 nitrogen and oxygen atoms in total. The monoisotopic (exact) mass is 396 g/mol. The average molecular weight is 397 g/mol. The number of aromatic amines is 1. The van der Waals surface area contributed by atoms with E-state index in [2.05, 4.69) is 64.3 Å². The van der Waals surface area contributed by atoms with E-state index in [1.54, 1.807) is 11.3 Å². The minimum atomic E-state index is 0.952. The van der Waals surface area contributed by atoms with Crippen LogP contribution in [-0.2, 0) is 0 Å². The van der Waals surface area contributed by atoms with Gasteiger partial charge in [0.05, 0.1) is 10.6 Å². The van der Waals surface area contributed by atoms with Gasteiger partial charge in [0.15, 0.2) is 0 Å². The SMILES string of the molecule is Cc1[nH]c(-c2ccc(C3=CC(Br)=CCC3)s2)nc1-c1ccccc1. The van der Waals surface area contributed by atoms with Gasteiger partial charge in [-0.1, -0.05) is 52.3 Å². The van der Waals surface area contributed by atoms with Gasteiger partial charge in [-0.2, -0.15) is 0 Å². The Kier molecular flexibility index (Phi) is 4.25. The Labute approximate surface area is 154 Å². The first kappa shape index (κ1) is 15.6. The Morgan fingerprint density at radius 2 is 1.88 bits per heavy atom. The van der Waals surface area contributed by atoms with Crippen molar-refractivity contribution in [2.45, 2.75) is 19.8 Å². The zero-order valence-corrected chi connectivity index (χ0v) is 15.7. The molecule has 1 aliphatic carbocycles. The lowest BCUT2D eigenvalue weighted by Gasteiger charge is -2.08. The highest BCUT2D eigenvalue weighted by Crippen LogP contribution is 2.36. The van der Waals surface area contributed by atoms with Crippen molar-refractivity contribution >= 4 is 32.8 Å². The minimum absolute atomic E-state index is 0.952. The van der Waals surface area contributed by atoms with Crippen LogP contribution < -0.4 is 0 Å². The molecular formula is C20H17BrN2S. The third-order valence-electron chi connectivity index (χ3n) is 4.15. The van der Waals surface area contributed by atoms with E-state index in [1.807, 2.05) is 18.2 Å². The number of rotatable bonds is 3. The van der Waals surface area contributed by atoms with Crippen molar-refractivity contribution in [3.63, 3.8) is 0 Å². The molecule has 2 heterocycles. The molecule has 0 atom stereocenters. The fourth-order valence-corrected chi connectivity index (χ4v) is 4.45. The van der Waals surface area contributed by atoms with Crippen LogP contribution in [0, 0.1) is 6.92 Å². The summed E-state index contributed by atoms with van der Waals surface area (Å²) in [6.07, 6.45) is 6.64. The summed E-state index contributed by atoms with van der Waals surface area (Å²) in [6.45, 7) is 2.08. The van der Waals surface area contributed by atoms with Gasteiger partial charge in [0, 0.05) is 20.6 Å². The maximum atomic E-state index is 4.84. The Balaban J connectivity index is 1.67. The summed E-state index contributed by atoms with van der Waals surface area (Å²) < 4.78 is 1.18. The molecule has 120 valence electrons. The number of hydrogen-bond donors (Lipinski definition) is 1.